The maximum absolute atomic E-state index is 6.06. The van der Waals surface area contributed by atoms with Gasteiger partial charge in [0.2, 0.25) is 0 Å². The molecule has 0 N–H and O–H groups in total. The van der Waals surface area contributed by atoms with Crippen LogP contribution in [0.3, 0.4) is 0 Å². The van der Waals surface area contributed by atoms with Crippen LogP contribution in [0.4, 0.5) is 0 Å². The maximum Gasteiger partial charge on any atom is 0.136 e. The fraction of sp³-hybridized carbons (Fsp3) is 0.400. The summed E-state index contributed by atoms with van der Waals surface area (Å²) in [5.74, 6) is 0. The van der Waals surface area contributed by atoms with Crippen LogP contribution >= 0.6 is 0 Å². The molecule has 0 aliphatic carbocycles. The van der Waals surface area contributed by atoms with E-state index < -0.39 is 0 Å². The fourth-order valence-corrected chi connectivity index (χ4v) is 4.59. The molecule has 0 aliphatic heterocycles. The number of benzene rings is 3. The Morgan fingerprint density at radius 1 is 0.548 bits per heavy atom. The van der Waals surface area contributed by atoms with Crippen molar-refractivity contribution in [3.8, 4) is 11.1 Å². The van der Waals surface area contributed by atoms with Crippen LogP contribution in [0.15, 0.2) is 71.1 Å². The first-order valence-electron chi connectivity index (χ1n) is 12.4. The van der Waals surface area contributed by atoms with Crippen LogP contribution in [0.1, 0.15) is 76.7 Å². The highest BCUT2D eigenvalue weighted by atomic mass is 16.3. The first-order valence-corrected chi connectivity index (χ1v) is 12.4. The second-order valence-corrected chi connectivity index (χ2v) is 8.94. The topological polar surface area (TPSA) is 13.1 Å². The molecule has 31 heavy (non-hydrogen) atoms. The Labute approximate surface area is 187 Å². The van der Waals surface area contributed by atoms with Gasteiger partial charge in [0.1, 0.15) is 11.2 Å². The summed E-state index contributed by atoms with van der Waals surface area (Å²) < 4.78 is 6.06. The van der Waals surface area contributed by atoms with Gasteiger partial charge in [-0.05, 0) is 47.7 Å². The Kier molecular flexibility index (Phi) is 7.82. The standard InChI is InChI=1S/C30H36O/c1-2-3-4-5-6-7-8-9-10-11-14-24-17-19-25(20-18-24)26-21-22-28-27-15-12-13-16-29(27)31-30(28)23-26/h12-13,15-23H,2-11,14H2,1H3. The van der Waals surface area contributed by atoms with Crippen LogP contribution in [-0.4, -0.2) is 0 Å². The second kappa shape index (κ2) is 11.2. The third-order valence-electron chi connectivity index (χ3n) is 6.49. The molecule has 1 heteroatoms. The molecule has 4 aromatic rings. The minimum absolute atomic E-state index is 0.960. The zero-order valence-corrected chi connectivity index (χ0v) is 19.0. The fourth-order valence-electron chi connectivity index (χ4n) is 4.59. The predicted octanol–water partition coefficient (Wildman–Crippen LogP) is 9.72. The lowest BCUT2D eigenvalue weighted by atomic mass is 9.99. The normalized spacial score (nSPS) is 11.5. The van der Waals surface area contributed by atoms with Crippen molar-refractivity contribution in [2.75, 3.05) is 0 Å². The lowest BCUT2D eigenvalue weighted by molar-refractivity contribution is 0.556. The summed E-state index contributed by atoms with van der Waals surface area (Å²) in [6.07, 6.45) is 15.1. The van der Waals surface area contributed by atoms with Gasteiger partial charge in [-0.3, -0.25) is 0 Å². The Hall–Kier alpha value is -2.54. The number of hydrogen-bond donors (Lipinski definition) is 0. The molecule has 0 radical (unpaired) electrons. The van der Waals surface area contributed by atoms with E-state index in [0.717, 1.165) is 11.2 Å². The average Bonchev–Trinajstić information content (AvgIpc) is 3.18. The maximum atomic E-state index is 6.06. The monoisotopic (exact) mass is 412 g/mol. The molecular weight excluding hydrogens is 376 g/mol. The van der Waals surface area contributed by atoms with Crippen LogP contribution < -0.4 is 0 Å². The predicted molar refractivity (Wildman–Crippen MR) is 135 cm³/mol. The molecular formula is C30H36O. The third kappa shape index (κ3) is 5.79. The number of rotatable bonds is 12. The minimum Gasteiger partial charge on any atom is -0.456 e. The van der Waals surface area contributed by atoms with Crippen molar-refractivity contribution < 1.29 is 4.42 Å². The zero-order valence-electron chi connectivity index (χ0n) is 19.0. The molecule has 1 aromatic heterocycles. The van der Waals surface area contributed by atoms with E-state index >= 15 is 0 Å². The van der Waals surface area contributed by atoms with Crippen molar-refractivity contribution in [3.63, 3.8) is 0 Å². The number of furan rings is 1. The second-order valence-electron chi connectivity index (χ2n) is 8.94. The van der Waals surface area contributed by atoms with Crippen LogP contribution in [0.25, 0.3) is 33.1 Å². The Morgan fingerprint density at radius 2 is 1.16 bits per heavy atom. The SMILES string of the molecule is CCCCCCCCCCCCc1ccc(-c2ccc3c(c2)oc2ccccc23)cc1. The Morgan fingerprint density at radius 3 is 1.90 bits per heavy atom. The summed E-state index contributed by atoms with van der Waals surface area (Å²) >= 11 is 0. The van der Waals surface area contributed by atoms with E-state index in [1.807, 2.05) is 12.1 Å². The van der Waals surface area contributed by atoms with E-state index in [9.17, 15) is 0 Å². The number of aryl methyl sites for hydroxylation is 1. The Balaban J connectivity index is 1.24. The number of fused-ring (bicyclic) bond motifs is 3. The molecule has 0 spiro atoms. The van der Waals surface area contributed by atoms with Gasteiger partial charge >= 0.3 is 0 Å². The molecule has 0 unspecified atom stereocenters. The summed E-state index contributed by atoms with van der Waals surface area (Å²) in [5.41, 5.74) is 5.86. The van der Waals surface area contributed by atoms with Crippen molar-refractivity contribution in [2.45, 2.75) is 77.6 Å². The van der Waals surface area contributed by atoms with E-state index in [0.29, 0.717) is 0 Å². The van der Waals surface area contributed by atoms with Gasteiger partial charge < -0.3 is 4.42 Å². The van der Waals surface area contributed by atoms with Crippen LogP contribution in [0.5, 0.6) is 0 Å². The smallest absolute Gasteiger partial charge is 0.136 e. The largest absolute Gasteiger partial charge is 0.456 e. The summed E-state index contributed by atoms with van der Waals surface area (Å²) in [5, 5.41) is 2.38. The molecule has 0 aliphatic rings. The first kappa shape index (κ1) is 21.7. The zero-order chi connectivity index (χ0) is 21.3. The van der Waals surface area contributed by atoms with Crippen molar-refractivity contribution in [1.29, 1.82) is 0 Å². The summed E-state index contributed by atoms with van der Waals surface area (Å²) in [6.45, 7) is 2.29. The molecule has 162 valence electrons. The van der Waals surface area contributed by atoms with Crippen molar-refractivity contribution in [2.24, 2.45) is 0 Å². The van der Waals surface area contributed by atoms with Crippen molar-refractivity contribution >= 4 is 21.9 Å². The molecule has 4 rings (SSSR count). The summed E-state index contributed by atoms with van der Waals surface area (Å²) in [7, 11) is 0. The van der Waals surface area contributed by atoms with E-state index in [-0.39, 0.29) is 0 Å². The average molecular weight is 413 g/mol. The highest BCUT2D eigenvalue weighted by Crippen LogP contribution is 2.32. The number of para-hydroxylation sites is 1. The van der Waals surface area contributed by atoms with Crippen molar-refractivity contribution in [1.82, 2.24) is 0 Å². The van der Waals surface area contributed by atoms with Crippen molar-refractivity contribution in [3.05, 3.63) is 72.3 Å². The third-order valence-corrected chi connectivity index (χ3v) is 6.49. The van der Waals surface area contributed by atoms with E-state index in [1.54, 1.807) is 0 Å². The molecule has 0 saturated heterocycles. The van der Waals surface area contributed by atoms with Gasteiger partial charge in [0.25, 0.3) is 0 Å². The van der Waals surface area contributed by atoms with E-state index in [4.69, 9.17) is 4.42 Å². The quantitative estimate of drug-likeness (QED) is 0.211. The van der Waals surface area contributed by atoms with Crippen LogP contribution in [-0.2, 0) is 6.42 Å². The molecule has 0 saturated carbocycles. The van der Waals surface area contributed by atoms with Gasteiger partial charge in [-0.15, -0.1) is 0 Å². The molecule has 3 aromatic carbocycles. The molecule has 1 nitrogen and oxygen atoms in total. The van der Waals surface area contributed by atoms with Crippen LogP contribution in [0, 0.1) is 0 Å². The van der Waals surface area contributed by atoms with Gasteiger partial charge in [0.15, 0.2) is 0 Å². The van der Waals surface area contributed by atoms with E-state index in [1.165, 1.54) is 98.1 Å². The lowest BCUT2D eigenvalue weighted by Gasteiger charge is -2.06. The minimum atomic E-state index is 0.960. The van der Waals surface area contributed by atoms with Gasteiger partial charge in [0, 0.05) is 10.8 Å². The van der Waals surface area contributed by atoms with Gasteiger partial charge in [0.05, 0.1) is 0 Å². The first-order chi connectivity index (χ1) is 15.3. The molecule has 1 heterocycles. The Bertz CT molecular complexity index is 1070. The summed E-state index contributed by atoms with van der Waals surface area (Å²) in [6, 6.07) is 23.9. The van der Waals surface area contributed by atoms with E-state index in [2.05, 4.69) is 61.5 Å². The molecule has 0 atom stereocenters. The number of hydrogen-bond acceptors (Lipinski definition) is 1. The summed E-state index contributed by atoms with van der Waals surface area (Å²) in [4.78, 5) is 0. The molecule has 0 fully saturated rings. The highest BCUT2D eigenvalue weighted by molar-refractivity contribution is 6.05. The number of unbranched alkanes of at least 4 members (excludes halogenated alkanes) is 9. The highest BCUT2D eigenvalue weighted by Gasteiger charge is 2.08. The van der Waals surface area contributed by atoms with Crippen LogP contribution in [0.2, 0.25) is 0 Å². The van der Waals surface area contributed by atoms with Gasteiger partial charge in [-0.1, -0.05) is 113 Å². The molecule has 0 amide bonds. The van der Waals surface area contributed by atoms with Gasteiger partial charge in [-0.25, -0.2) is 0 Å². The lowest BCUT2D eigenvalue weighted by Crippen LogP contribution is -1.87. The van der Waals surface area contributed by atoms with Gasteiger partial charge in [-0.2, -0.15) is 0 Å². The molecule has 0 bridgehead atoms.